The van der Waals surface area contributed by atoms with Gasteiger partial charge in [-0.1, -0.05) is 6.07 Å². The van der Waals surface area contributed by atoms with E-state index in [2.05, 4.69) is 35.8 Å². The van der Waals surface area contributed by atoms with Crippen LogP contribution in [0.2, 0.25) is 0 Å². The molecule has 0 fully saturated rings. The van der Waals surface area contributed by atoms with Gasteiger partial charge in [0.05, 0.1) is 11.4 Å². The first-order chi connectivity index (χ1) is 18.1. The van der Waals surface area contributed by atoms with Gasteiger partial charge in [-0.25, -0.2) is 4.79 Å². The van der Waals surface area contributed by atoms with Gasteiger partial charge in [0.1, 0.15) is 16.3 Å². The predicted octanol–water partition coefficient (Wildman–Crippen LogP) is 2.54. The van der Waals surface area contributed by atoms with Crippen LogP contribution in [0.5, 0.6) is 0 Å². The summed E-state index contributed by atoms with van der Waals surface area (Å²) in [6.07, 6.45) is -1.19. The minimum atomic E-state index is -4.60. The first-order valence-corrected chi connectivity index (χ1v) is 13.7. The Labute approximate surface area is 221 Å². The molecular formula is C20H22FN9O7S2. The topological polar surface area (TPSA) is 243 Å². The van der Waals surface area contributed by atoms with Crippen molar-refractivity contribution >= 4 is 60.9 Å². The maximum atomic E-state index is 14.0. The molecule has 16 nitrogen and oxygen atoms in total. The van der Waals surface area contributed by atoms with Gasteiger partial charge in [-0.3, -0.25) is 9.11 Å². The third-order valence-electron chi connectivity index (χ3n) is 4.79. The van der Waals surface area contributed by atoms with Crippen molar-refractivity contribution < 1.29 is 35.1 Å². The molecule has 3 aromatic rings. The minimum absolute atomic E-state index is 0.0109. The van der Waals surface area contributed by atoms with E-state index in [4.69, 9.17) is 10.3 Å². The SMILES string of the molecule is Cc1ccc(N=Nc2ccc(Nc3nc(F)nc(N(C)CCS(=O)(=O)O)n3)cc2NC(N)=O)c(S(=O)(=O)O)c1. The normalized spacial score (nSPS) is 11.9. The van der Waals surface area contributed by atoms with Gasteiger partial charge in [0.15, 0.2) is 0 Å². The third kappa shape index (κ3) is 8.60. The number of halogens is 1. The average molecular weight is 584 g/mol. The van der Waals surface area contributed by atoms with E-state index in [1.807, 2.05) is 0 Å². The Morgan fingerprint density at radius 2 is 1.72 bits per heavy atom. The van der Waals surface area contributed by atoms with E-state index >= 15 is 0 Å². The lowest BCUT2D eigenvalue weighted by atomic mass is 10.2. The van der Waals surface area contributed by atoms with Crippen molar-refractivity contribution in [1.82, 2.24) is 15.0 Å². The Hall–Kier alpha value is -4.33. The highest BCUT2D eigenvalue weighted by Gasteiger charge is 2.17. The zero-order valence-electron chi connectivity index (χ0n) is 20.3. The zero-order valence-corrected chi connectivity index (χ0v) is 21.9. The zero-order chi connectivity index (χ0) is 29.0. The monoisotopic (exact) mass is 583 g/mol. The molecule has 0 bridgehead atoms. The standard InChI is InChI=1S/C20H22FN9O7S2/c1-11-3-5-14(16(9-11)39(35,36)37)29-28-13-6-4-12(10-15(13)24-18(22)31)23-19-25-17(21)26-20(27-19)30(2)7-8-38(32,33)34/h3-6,9-10H,7-8H2,1-2H3,(H3,22,24,31)(H,32,33,34)(H,35,36,37)(H,23,25,26,27). The van der Waals surface area contributed by atoms with Crippen molar-refractivity contribution in [3.8, 4) is 0 Å². The molecule has 0 saturated heterocycles. The van der Waals surface area contributed by atoms with Gasteiger partial charge in [-0.15, -0.1) is 10.2 Å². The minimum Gasteiger partial charge on any atom is -0.351 e. The number of hydrogen-bond donors (Lipinski definition) is 5. The van der Waals surface area contributed by atoms with E-state index in [-0.39, 0.29) is 41.2 Å². The van der Waals surface area contributed by atoms with Crippen LogP contribution in [0.25, 0.3) is 0 Å². The van der Waals surface area contributed by atoms with Crippen LogP contribution in [0.1, 0.15) is 5.56 Å². The number of aryl methyl sites for hydroxylation is 1. The lowest BCUT2D eigenvalue weighted by molar-refractivity contribution is 0.259. The number of anilines is 4. The number of aromatic nitrogens is 3. The third-order valence-corrected chi connectivity index (χ3v) is 6.37. The molecule has 0 saturated carbocycles. The average Bonchev–Trinajstić information content (AvgIpc) is 2.81. The lowest BCUT2D eigenvalue weighted by Crippen LogP contribution is -2.27. The Morgan fingerprint density at radius 3 is 2.36 bits per heavy atom. The smallest absolute Gasteiger partial charge is 0.316 e. The number of amides is 2. The van der Waals surface area contributed by atoms with Gasteiger partial charge in [0, 0.05) is 19.3 Å². The molecule has 0 aliphatic carbocycles. The van der Waals surface area contributed by atoms with Crippen LogP contribution in [0.15, 0.2) is 51.5 Å². The summed E-state index contributed by atoms with van der Waals surface area (Å²) in [6.45, 7) is 1.38. The van der Waals surface area contributed by atoms with Crippen molar-refractivity contribution in [3.05, 3.63) is 48.0 Å². The Bertz CT molecular complexity index is 1650. The molecule has 0 radical (unpaired) electrons. The second-order valence-electron chi connectivity index (χ2n) is 7.93. The van der Waals surface area contributed by atoms with Crippen LogP contribution in [0.4, 0.5) is 43.8 Å². The molecule has 39 heavy (non-hydrogen) atoms. The number of hydrogen-bond acceptors (Lipinski definition) is 12. The highest BCUT2D eigenvalue weighted by molar-refractivity contribution is 7.86. The van der Waals surface area contributed by atoms with Crippen molar-refractivity contribution in [2.45, 2.75) is 11.8 Å². The molecule has 0 atom stereocenters. The molecule has 19 heteroatoms. The van der Waals surface area contributed by atoms with Gasteiger partial charge in [-0.05, 0) is 42.8 Å². The van der Waals surface area contributed by atoms with E-state index in [1.165, 1.54) is 42.3 Å². The molecular weight excluding hydrogens is 561 g/mol. The summed E-state index contributed by atoms with van der Waals surface area (Å²) in [5.41, 5.74) is 5.87. The largest absolute Gasteiger partial charge is 0.351 e. The number of urea groups is 1. The van der Waals surface area contributed by atoms with Crippen LogP contribution in [-0.2, 0) is 20.2 Å². The van der Waals surface area contributed by atoms with Crippen LogP contribution in [0.3, 0.4) is 0 Å². The number of nitrogens with zero attached hydrogens (tertiary/aromatic N) is 6. The molecule has 0 aliphatic heterocycles. The maximum Gasteiger partial charge on any atom is 0.316 e. The molecule has 2 amide bonds. The Morgan fingerprint density at radius 1 is 1.05 bits per heavy atom. The number of rotatable bonds is 10. The fraction of sp³-hybridized carbons (Fsp3) is 0.200. The first kappa shape index (κ1) is 29.2. The molecule has 0 spiro atoms. The molecule has 2 aromatic carbocycles. The Balaban J connectivity index is 1.92. The highest BCUT2D eigenvalue weighted by Crippen LogP contribution is 2.33. The second-order valence-corrected chi connectivity index (χ2v) is 10.9. The molecule has 0 unspecified atom stereocenters. The molecule has 0 aliphatic rings. The summed E-state index contributed by atoms with van der Waals surface area (Å²) in [5.74, 6) is -1.16. The van der Waals surface area contributed by atoms with Crippen LogP contribution >= 0.6 is 0 Å². The lowest BCUT2D eigenvalue weighted by Gasteiger charge is -2.16. The van der Waals surface area contributed by atoms with Crippen molar-refractivity contribution in [1.29, 1.82) is 0 Å². The van der Waals surface area contributed by atoms with E-state index in [9.17, 15) is 30.6 Å². The summed E-state index contributed by atoms with van der Waals surface area (Å²) in [7, 11) is -7.50. The number of azo groups is 1. The van der Waals surface area contributed by atoms with Gasteiger partial charge >= 0.3 is 12.1 Å². The number of nitrogens with two attached hydrogens (primary N) is 1. The van der Waals surface area contributed by atoms with Gasteiger partial charge in [0.25, 0.3) is 20.2 Å². The molecule has 1 aromatic heterocycles. The number of carbonyl (C=O) groups excluding carboxylic acids is 1. The molecule has 208 valence electrons. The number of nitrogens with one attached hydrogen (secondary N) is 2. The highest BCUT2D eigenvalue weighted by atomic mass is 32.2. The number of carbonyl (C=O) groups is 1. The first-order valence-electron chi connectivity index (χ1n) is 10.7. The fourth-order valence-electron chi connectivity index (χ4n) is 3.00. The summed E-state index contributed by atoms with van der Waals surface area (Å²) < 4.78 is 77.8. The molecule has 6 N–H and O–H groups in total. The predicted molar refractivity (Wildman–Crippen MR) is 138 cm³/mol. The number of primary amides is 1. The summed E-state index contributed by atoms with van der Waals surface area (Å²) in [4.78, 5) is 23.3. The van der Waals surface area contributed by atoms with Crippen molar-refractivity contribution in [3.63, 3.8) is 0 Å². The van der Waals surface area contributed by atoms with Crippen molar-refractivity contribution in [2.75, 3.05) is 34.9 Å². The van der Waals surface area contributed by atoms with E-state index < -0.39 is 43.0 Å². The maximum absolute atomic E-state index is 14.0. The fourth-order valence-corrected chi connectivity index (χ4v) is 4.21. The summed E-state index contributed by atoms with van der Waals surface area (Å²) in [5, 5.41) is 12.8. The van der Waals surface area contributed by atoms with Crippen LogP contribution < -0.4 is 21.3 Å². The molecule has 3 rings (SSSR count). The quantitative estimate of drug-likeness (QED) is 0.171. The van der Waals surface area contributed by atoms with Crippen LogP contribution in [-0.4, -0.2) is 66.3 Å². The van der Waals surface area contributed by atoms with Gasteiger partial charge in [-0.2, -0.15) is 36.2 Å². The van der Waals surface area contributed by atoms with E-state index in [0.717, 1.165) is 0 Å². The summed E-state index contributed by atoms with van der Waals surface area (Å²) in [6, 6.07) is 7.23. The second kappa shape index (κ2) is 11.6. The van der Waals surface area contributed by atoms with E-state index in [0.29, 0.717) is 5.56 Å². The van der Waals surface area contributed by atoms with Gasteiger partial charge < -0.3 is 21.3 Å². The summed E-state index contributed by atoms with van der Waals surface area (Å²) >= 11 is 0. The van der Waals surface area contributed by atoms with Crippen LogP contribution in [0, 0.1) is 13.0 Å². The van der Waals surface area contributed by atoms with Gasteiger partial charge in [0.2, 0.25) is 11.9 Å². The molecule has 1 heterocycles. The Kier molecular flexibility index (Phi) is 8.69. The van der Waals surface area contributed by atoms with Crippen molar-refractivity contribution in [2.24, 2.45) is 16.0 Å². The van der Waals surface area contributed by atoms with E-state index in [1.54, 1.807) is 13.0 Å². The number of benzene rings is 2.